The van der Waals surface area contributed by atoms with Crippen molar-refractivity contribution in [2.45, 2.75) is 25.7 Å². The van der Waals surface area contributed by atoms with E-state index in [1.54, 1.807) is 12.4 Å². The fraction of sp³-hybridized carbons (Fsp3) is 0.389. The summed E-state index contributed by atoms with van der Waals surface area (Å²) in [4.78, 5) is 19.1. The minimum Gasteiger partial charge on any atom is -0.309 e. The van der Waals surface area contributed by atoms with Gasteiger partial charge < -0.3 is 4.90 Å². The van der Waals surface area contributed by atoms with Crippen LogP contribution in [0.3, 0.4) is 0 Å². The first-order valence-corrected chi connectivity index (χ1v) is 7.87. The first kappa shape index (κ1) is 17.0. The van der Waals surface area contributed by atoms with Crippen LogP contribution < -0.4 is 0 Å². The van der Waals surface area contributed by atoms with E-state index >= 15 is 0 Å². The molecule has 0 N–H and O–H groups in total. The highest BCUT2D eigenvalue weighted by atomic mass is 15.0. The molecule has 0 saturated heterocycles. The van der Waals surface area contributed by atoms with E-state index in [1.807, 2.05) is 24.3 Å². The molecule has 0 aliphatic rings. The number of rotatable bonds is 7. The summed E-state index contributed by atoms with van der Waals surface area (Å²) in [6, 6.07) is 12.3. The standard InChI is InChI=1S/C18H23N5/c1-4-15(10-13-23(2)3)16-8-7-12-20-18(16)22-14-21-17-9-5-6-11-19-17/h5-9,11-12,15H,4,10,13H2,1-3H3. The first-order chi connectivity index (χ1) is 11.2. The minimum atomic E-state index is 0.432. The van der Waals surface area contributed by atoms with E-state index in [2.05, 4.69) is 57.9 Å². The summed E-state index contributed by atoms with van der Waals surface area (Å²) >= 11 is 0. The third-order valence-electron chi connectivity index (χ3n) is 3.64. The second-order valence-electron chi connectivity index (χ2n) is 5.62. The van der Waals surface area contributed by atoms with Gasteiger partial charge in [-0.3, -0.25) is 0 Å². The van der Waals surface area contributed by atoms with Gasteiger partial charge in [0, 0.05) is 18.0 Å². The maximum absolute atomic E-state index is 4.38. The average Bonchev–Trinajstić information content (AvgIpc) is 2.57. The van der Waals surface area contributed by atoms with E-state index in [4.69, 9.17) is 0 Å². The summed E-state index contributed by atoms with van der Waals surface area (Å²) in [5.74, 6) is 1.72. The fourth-order valence-corrected chi connectivity index (χ4v) is 2.36. The maximum atomic E-state index is 4.38. The van der Waals surface area contributed by atoms with Crippen molar-refractivity contribution in [1.82, 2.24) is 14.9 Å². The fourth-order valence-electron chi connectivity index (χ4n) is 2.36. The first-order valence-electron chi connectivity index (χ1n) is 7.87. The highest BCUT2D eigenvalue weighted by molar-refractivity contribution is 5.56. The van der Waals surface area contributed by atoms with Gasteiger partial charge in [-0.2, -0.15) is 9.98 Å². The Kier molecular flexibility index (Phi) is 6.60. The predicted octanol–water partition coefficient (Wildman–Crippen LogP) is 4.06. The Labute approximate surface area is 137 Å². The zero-order valence-electron chi connectivity index (χ0n) is 14.0. The van der Waals surface area contributed by atoms with Crippen LogP contribution in [-0.4, -0.2) is 41.5 Å². The molecule has 0 bridgehead atoms. The van der Waals surface area contributed by atoms with Crippen LogP contribution in [0.2, 0.25) is 0 Å². The van der Waals surface area contributed by atoms with Gasteiger partial charge in [0.05, 0.1) is 0 Å². The second kappa shape index (κ2) is 8.93. The Hall–Kier alpha value is -2.36. The van der Waals surface area contributed by atoms with Gasteiger partial charge in [-0.1, -0.05) is 19.1 Å². The number of pyridine rings is 2. The van der Waals surface area contributed by atoms with Crippen molar-refractivity contribution in [3.8, 4) is 0 Å². The summed E-state index contributed by atoms with van der Waals surface area (Å²) in [6.45, 7) is 3.24. The number of nitrogens with zero attached hydrogens (tertiary/aromatic N) is 5. The van der Waals surface area contributed by atoms with Crippen LogP contribution in [0.5, 0.6) is 0 Å². The van der Waals surface area contributed by atoms with E-state index < -0.39 is 0 Å². The molecule has 0 spiro atoms. The van der Waals surface area contributed by atoms with Crippen LogP contribution in [0.25, 0.3) is 0 Å². The van der Waals surface area contributed by atoms with Gasteiger partial charge >= 0.3 is 0 Å². The number of hydrogen-bond acceptors (Lipinski definition) is 5. The topological polar surface area (TPSA) is 53.7 Å². The van der Waals surface area contributed by atoms with Gasteiger partial charge in [0.15, 0.2) is 11.6 Å². The molecule has 0 aromatic carbocycles. The van der Waals surface area contributed by atoms with Crippen LogP contribution in [0.15, 0.2) is 52.7 Å². The Bertz CT molecular complexity index is 660. The third kappa shape index (κ3) is 5.40. The van der Waals surface area contributed by atoms with Crippen molar-refractivity contribution in [3.63, 3.8) is 0 Å². The Morgan fingerprint density at radius 1 is 1.09 bits per heavy atom. The molecule has 0 amide bonds. The predicted molar refractivity (Wildman–Crippen MR) is 93.9 cm³/mol. The normalized spacial score (nSPS) is 11.8. The Balaban J connectivity index is 2.21. The summed E-state index contributed by atoms with van der Waals surface area (Å²) in [5, 5.41) is 0. The van der Waals surface area contributed by atoms with Gasteiger partial charge in [0.1, 0.15) is 6.01 Å². The summed E-state index contributed by atoms with van der Waals surface area (Å²) < 4.78 is 0. The van der Waals surface area contributed by atoms with Gasteiger partial charge in [-0.05, 0) is 57.6 Å². The average molecular weight is 309 g/mol. The molecule has 23 heavy (non-hydrogen) atoms. The molecule has 0 fully saturated rings. The quantitative estimate of drug-likeness (QED) is 0.725. The van der Waals surface area contributed by atoms with Gasteiger partial charge in [-0.15, -0.1) is 0 Å². The van der Waals surface area contributed by atoms with E-state index in [1.165, 1.54) is 0 Å². The second-order valence-corrected chi connectivity index (χ2v) is 5.62. The summed E-state index contributed by atoms with van der Waals surface area (Å²) in [6.07, 6.45) is 5.58. The van der Waals surface area contributed by atoms with Gasteiger partial charge in [0.2, 0.25) is 0 Å². The molecule has 120 valence electrons. The Morgan fingerprint density at radius 2 is 1.91 bits per heavy atom. The van der Waals surface area contributed by atoms with Crippen LogP contribution >= 0.6 is 0 Å². The van der Waals surface area contributed by atoms with Crippen LogP contribution in [0.4, 0.5) is 11.6 Å². The van der Waals surface area contributed by atoms with Crippen molar-refractivity contribution in [2.24, 2.45) is 9.98 Å². The van der Waals surface area contributed by atoms with Crippen LogP contribution in [0, 0.1) is 0 Å². The van der Waals surface area contributed by atoms with Crippen molar-refractivity contribution in [1.29, 1.82) is 0 Å². The minimum absolute atomic E-state index is 0.432. The zero-order chi connectivity index (χ0) is 16.5. The third-order valence-corrected chi connectivity index (χ3v) is 3.64. The molecule has 0 aliphatic carbocycles. The van der Waals surface area contributed by atoms with E-state index in [9.17, 15) is 0 Å². The monoisotopic (exact) mass is 309 g/mol. The van der Waals surface area contributed by atoms with Crippen LogP contribution in [0.1, 0.15) is 31.2 Å². The van der Waals surface area contributed by atoms with Crippen molar-refractivity contribution in [2.75, 3.05) is 20.6 Å². The number of aliphatic imine (C=N–C) groups is 2. The molecular weight excluding hydrogens is 286 g/mol. The molecule has 0 radical (unpaired) electrons. The van der Waals surface area contributed by atoms with E-state index in [-0.39, 0.29) is 0 Å². The highest BCUT2D eigenvalue weighted by Gasteiger charge is 2.14. The van der Waals surface area contributed by atoms with Crippen LogP contribution in [-0.2, 0) is 0 Å². The van der Waals surface area contributed by atoms with Crippen molar-refractivity contribution < 1.29 is 0 Å². The van der Waals surface area contributed by atoms with Gasteiger partial charge in [0.25, 0.3) is 0 Å². The van der Waals surface area contributed by atoms with Gasteiger partial charge in [-0.25, -0.2) is 9.97 Å². The molecule has 2 rings (SSSR count). The highest BCUT2D eigenvalue weighted by Crippen LogP contribution is 2.29. The lowest BCUT2D eigenvalue weighted by molar-refractivity contribution is 0.378. The summed E-state index contributed by atoms with van der Waals surface area (Å²) in [7, 11) is 4.18. The molecule has 2 aromatic rings. The number of aromatic nitrogens is 2. The largest absolute Gasteiger partial charge is 0.309 e. The molecule has 0 saturated carbocycles. The summed E-state index contributed by atoms with van der Waals surface area (Å²) in [5.41, 5.74) is 1.15. The molecule has 2 aromatic heterocycles. The SMILES string of the molecule is CCC(CCN(C)C)c1cccnc1N=C=Nc1ccccn1. The molecular formula is C18H23N5. The zero-order valence-corrected chi connectivity index (χ0v) is 14.0. The molecule has 5 heteroatoms. The smallest absolute Gasteiger partial charge is 0.166 e. The molecule has 1 atom stereocenters. The molecule has 0 aliphatic heterocycles. The number of hydrogen-bond donors (Lipinski definition) is 0. The lowest BCUT2D eigenvalue weighted by Crippen LogP contribution is -2.16. The Morgan fingerprint density at radius 3 is 2.61 bits per heavy atom. The van der Waals surface area contributed by atoms with Crippen molar-refractivity contribution >= 4 is 17.6 Å². The molecule has 5 nitrogen and oxygen atoms in total. The molecule has 2 heterocycles. The van der Waals surface area contributed by atoms with Crippen molar-refractivity contribution in [3.05, 3.63) is 48.3 Å². The molecule has 1 unspecified atom stereocenters. The lowest BCUT2D eigenvalue weighted by Gasteiger charge is -2.18. The maximum Gasteiger partial charge on any atom is 0.166 e. The lowest BCUT2D eigenvalue weighted by atomic mass is 9.93. The van der Waals surface area contributed by atoms with E-state index in [0.29, 0.717) is 17.6 Å². The van der Waals surface area contributed by atoms with E-state index in [0.717, 1.165) is 24.9 Å².